The van der Waals surface area contributed by atoms with E-state index in [-0.39, 0.29) is 0 Å². The molecule has 0 saturated carbocycles. The zero-order valence-corrected chi connectivity index (χ0v) is 25.5. The molecule has 0 fully saturated rings. The van der Waals surface area contributed by atoms with Crippen molar-refractivity contribution in [2.45, 2.75) is 6.42 Å². The van der Waals surface area contributed by atoms with Gasteiger partial charge in [-0.15, -0.1) is 0 Å². The van der Waals surface area contributed by atoms with Crippen molar-refractivity contribution in [1.82, 2.24) is 9.13 Å². The van der Waals surface area contributed by atoms with Crippen LogP contribution in [0.5, 0.6) is 0 Å². The first-order valence-corrected chi connectivity index (χ1v) is 16.0. The molecular formula is C44H27N3. The molecular weight excluding hydrogens is 571 g/mol. The molecule has 0 unspecified atom stereocenters. The van der Waals surface area contributed by atoms with E-state index in [1.807, 2.05) is 12.1 Å². The van der Waals surface area contributed by atoms with Crippen molar-refractivity contribution >= 4 is 43.6 Å². The van der Waals surface area contributed by atoms with Gasteiger partial charge in [0.15, 0.2) is 0 Å². The third-order valence-corrected chi connectivity index (χ3v) is 9.98. The summed E-state index contributed by atoms with van der Waals surface area (Å²) in [5.74, 6) is 0. The Morgan fingerprint density at radius 3 is 1.94 bits per heavy atom. The predicted octanol–water partition coefficient (Wildman–Crippen LogP) is 11.0. The summed E-state index contributed by atoms with van der Waals surface area (Å²) in [7, 11) is 0. The minimum Gasteiger partial charge on any atom is -0.309 e. The first kappa shape index (κ1) is 25.9. The number of rotatable bonds is 3. The van der Waals surface area contributed by atoms with Gasteiger partial charge in [0.2, 0.25) is 0 Å². The van der Waals surface area contributed by atoms with Crippen LogP contribution in [-0.4, -0.2) is 9.13 Å². The number of nitriles is 1. The maximum absolute atomic E-state index is 9.87. The number of benzene rings is 7. The van der Waals surface area contributed by atoms with Crippen LogP contribution in [0.25, 0.3) is 77.2 Å². The molecule has 0 aliphatic heterocycles. The number of nitrogens with zero attached hydrogens (tertiary/aromatic N) is 3. The van der Waals surface area contributed by atoms with E-state index in [9.17, 15) is 5.26 Å². The first-order valence-electron chi connectivity index (χ1n) is 16.0. The van der Waals surface area contributed by atoms with Crippen molar-refractivity contribution in [3.05, 3.63) is 168 Å². The molecule has 0 atom stereocenters. The lowest BCUT2D eigenvalue weighted by molar-refractivity contribution is 1.12. The van der Waals surface area contributed by atoms with Gasteiger partial charge in [0, 0.05) is 33.7 Å². The van der Waals surface area contributed by atoms with Crippen LogP contribution in [0.4, 0.5) is 0 Å². The summed E-state index contributed by atoms with van der Waals surface area (Å²) < 4.78 is 4.73. The molecule has 3 heteroatoms. The highest BCUT2D eigenvalue weighted by atomic mass is 15.0. The molecule has 2 heterocycles. The first-order chi connectivity index (χ1) is 23.3. The molecule has 1 aliphatic rings. The Labute approximate surface area is 271 Å². The third-order valence-electron chi connectivity index (χ3n) is 9.98. The Hall–Kier alpha value is -6.37. The summed E-state index contributed by atoms with van der Waals surface area (Å²) in [6.45, 7) is 0. The molecule has 0 spiro atoms. The van der Waals surface area contributed by atoms with Crippen LogP contribution in [0.15, 0.2) is 152 Å². The SMILES string of the molecule is N#Cc1ccc2c3cc(-c4ccc5c(c4)c4ccccc4n5-c4ccccc4)ccc3n(-c3cccc4c3Cc3ccccc3-4)c2c1. The molecule has 3 nitrogen and oxygen atoms in total. The van der Waals surface area contributed by atoms with Gasteiger partial charge in [-0.1, -0.05) is 91.0 Å². The lowest BCUT2D eigenvalue weighted by atomic mass is 10.0. The number of hydrogen-bond donors (Lipinski definition) is 0. The fraction of sp³-hybridized carbons (Fsp3) is 0.0227. The largest absolute Gasteiger partial charge is 0.309 e. The Kier molecular flexibility index (Phi) is 5.41. The van der Waals surface area contributed by atoms with Crippen molar-refractivity contribution in [2.24, 2.45) is 0 Å². The smallest absolute Gasteiger partial charge is 0.0992 e. The summed E-state index contributed by atoms with van der Waals surface area (Å²) in [6.07, 6.45) is 0.898. The topological polar surface area (TPSA) is 33.6 Å². The summed E-state index contributed by atoms with van der Waals surface area (Å²) >= 11 is 0. The van der Waals surface area contributed by atoms with Crippen molar-refractivity contribution in [2.75, 3.05) is 0 Å². The van der Waals surface area contributed by atoms with Gasteiger partial charge in [-0.25, -0.2) is 0 Å². The maximum Gasteiger partial charge on any atom is 0.0992 e. The van der Waals surface area contributed by atoms with E-state index in [0.29, 0.717) is 5.56 Å². The van der Waals surface area contributed by atoms with Crippen LogP contribution in [0, 0.1) is 11.3 Å². The van der Waals surface area contributed by atoms with Crippen LogP contribution in [0.2, 0.25) is 0 Å². The monoisotopic (exact) mass is 597 g/mol. The van der Waals surface area contributed by atoms with Gasteiger partial charge in [0.25, 0.3) is 0 Å². The zero-order chi connectivity index (χ0) is 31.1. The van der Waals surface area contributed by atoms with Crippen LogP contribution in [-0.2, 0) is 6.42 Å². The molecule has 47 heavy (non-hydrogen) atoms. The van der Waals surface area contributed by atoms with E-state index in [4.69, 9.17) is 0 Å². The van der Waals surface area contributed by atoms with Crippen molar-refractivity contribution in [3.8, 4) is 39.7 Å². The lowest BCUT2D eigenvalue weighted by Gasteiger charge is -2.13. The van der Waals surface area contributed by atoms with Crippen LogP contribution < -0.4 is 0 Å². The van der Waals surface area contributed by atoms with Crippen LogP contribution in [0.1, 0.15) is 16.7 Å². The molecule has 0 radical (unpaired) electrons. The second kappa shape index (κ2) is 9.81. The molecule has 2 aromatic heterocycles. The minimum atomic E-state index is 0.665. The maximum atomic E-state index is 9.87. The highest BCUT2D eigenvalue weighted by Gasteiger charge is 2.24. The molecule has 0 amide bonds. The van der Waals surface area contributed by atoms with E-state index >= 15 is 0 Å². The number of hydrogen-bond acceptors (Lipinski definition) is 1. The fourth-order valence-electron chi connectivity index (χ4n) is 7.89. The van der Waals surface area contributed by atoms with Gasteiger partial charge in [-0.2, -0.15) is 5.26 Å². The molecule has 0 N–H and O–H groups in total. The van der Waals surface area contributed by atoms with Crippen LogP contribution in [0.3, 0.4) is 0 Å². The molecule has 0 bridgehead atoms. The fourth-order valence-corrected chi connectivity index (χ4v) is 7.89. The number of para-hydroxylation sites is 2. The van der Waals surface area contributed by atoms with E-state index < -0.39 is 0 Å². The lowest BCUT2D eigenvalue weighted by Crippen LogP contribution is -1.99. The second-order valence-electron chi connectivity index (χ2n) is 12.5. The zero-order valence-electron chi connectivity index (χ0n) is 25.5. The van der Waals surface area contributed by atoms with E-state index in [1.165, 1.54) is 66.3 Å². The Balaban J connectivity index is 1.19. The average molecular weight is 598 g/mol. The second-order valence-corrected chi connectivity index (χ2v) is 12.5. The number of aromatic nitrogens is 2. The standard InChI is InChI=1S/C44H27N3/c45-27-28-17-20-36-39-25-30(29-18-21-42-38(24-29)35-13-6-7-15-40(35)46(42)32-10-2-1-3-11-32)19-22-43(39)47(44(36)23-28)41-16-8-14-34-33-12-5-4-9-31(33)26-37(34)41/h1-25H,26H2. The molecule has 10 rings (SSSR count). The molecule has 0 saturated heterocycles. The summed E-state index contributed by atoms with van der Waals surface area (Å²) in [5.41, 5.74) is 15.3. The highest BCUT2D eigenvalue weighted by Crippen LogP contribution is 2.43. The van der Waals surface area contributed by atoms with Gasteiger partial charge in [0.1, 0.15) is 0 Å². The number of fused-ring (bicyclic) bond motifs is 9. The Bertz CT molecular complexity index is 2770. The van der Waals surface area contributed by atoms with E-state index in [2.05, 4.69) is 155 Å². The van der Waals surface area contributed by atoms with Crippen molar-refractivity contribution < 1.29 is 0 Å². The highest BCUT2D eigenvalue weighted by molar-refractivity contribution is 6.13. The summed E-state index contributed by atoms with van der Waals surface area (Å²) in [6, 6.07) is 56.8. The van der Waals surface area contributed by atoms with E-state index in [1.54, 1.807) is 0 Å². The summed E-state index contributed by atoms with van der Waals surface area (Å²) in [4.78, 5) is 0. The van der Waals surface area contributed by atoms with Gasteiger partial charge in [-0.05, 0) is 94.0 Å². The third kappa shape index (κ3) is 3.73. The molecule has 1 aliphatic carbocycles. The Morgan fingerprint density at radius 2 is 1.13 bits per heavy atom. The molecule has 218 valence electrons. The predicted molar refractivity (Wildman–Crippen MR) is 194 cm³/mol. The quantitative estimate of drug-likeness (QED) is 0.199. The van der Waals surface area contributed by atoms with Gasteiger partial charge < -0.3 is 9.13 Å². The van der Waals surface area contributed by atoms with Gasteiger partial charge >= 0.3 is 0 Å². The molecule has 9 aromatic rings. The van der Waals surface area contributed by atoms with Crippen molar-refractivity contribution in [3.63, 3.8) is 0 Å². The van der Waals surface area contributed by atoms with Gasteiger partial charge in [0.05, 0.1) is 39.4 Å². The molecule has 7 aromatic carbocycles. The normalized spacial score (nSPS) is 12.1. The van der Waals surface area contributed by atoms with E-state index in [0.717, 1.165) is 28.5 Å². The average Bonchev–Trinajstić information content (AvgIpc) is 3.79. The minimum absolute atomic E-state index is 0.665. The van der Waals surface area contributed by atoms with Crippen molar-refractivity contribution in [1.29, 1.82) is 5.26 Å². The van der Waals surface area contributed by atoms with Gasteiger partial charge in [-0.3, -0.25) is 0 Å². The Morgan fingerprint density at radius 1 is 0.468 bits per heavy atom. The van der Waals surface area contributed by atoms with Crippen LogP contribution >= 0.6 is 0 Å². The summed E-state index contributed by atoms with van der Waals surface area (Å²) in [5, 5.41) is 14.7.